The van der Waals surface area contributed by atoms with Gasteiger partial charge in [-0.05, 0) is 61.0 Å². The monoisotopic (exact) mass is 369 g/mol. The van der Waals surface area contributed by atoms with Crippen molar-refractivity contribution in [1.29, 1.82) is 0 Å². The van der Waals surface area contributed by atoms with Gasteiger partial charge in [-0.1, -0.05) is 24.3 Å². The van der Waals surface area contributed by atoms with E-state index in [1.165, 1.54) is 19.2 Å². The third-order valence-electron chi connectivity index (χ3n) is 3.71. The molecule has 134 valence electrons. The summed E-state index contributed by atoms with van der Waals surface area (Å²) in [5.41, 5.74) is 1.33. The van der Waals surface area contributed by atoms with Gasteiger partial charge in [0, 0.05) is 0 Å². The third kappa shape index (κ3) is 4.15. The number of hydrogen-bond acceptors (Lipinski definition) is 4. The molecule has 0 heterocycles. The van der Waals surface area contributed by atoms with Crippen LogP contribution in [0.5, 0.6) is 17.2 Å². The maximum Gasteiger partial charge on any atom is 0.262 e. The van der Waals surface area contributed by atoms with Crippen molar-refractivity contribution in [1.82, 2.24) is 0 Å². The van der Waals surface area contributed by atoms with Crippen molar-refractivity contribution in [2.45, 2.75) is 11.8 Å². The molecule has 0 aliphatic carbocycles. The number of nitrogens with one attached hydrogen (secondary N) is 1. The number of benzene rings is 3. The largest absolute Gasteiger partial charge is 0.495 e. The van der Waals surface area contributed by atoms with Crippen LogP contribution in [0.1, 0.15) is 5.56 Å². The van der Waals surface area contributed by atoms with E-state index in [4.69, 9.17) is 9.47 Å². The van der Waals surface area contributed by atoms with Crippen LogP contribution >= 0.6 is 0 Å². The zero-order valence-corrected chi connectivity index (χ0v) is 15.3. The Morgan fingerprint density at radius 1 is 0.846 bits per heavy atom. The summed E-state index contributed by atoms with van der Waals surface area (Å²) in [6.07, 6.45) is 0. The van der Waals surface area contributed by atoms with Gasteiger partial charge >= 0.3 is 0 Å². The molecule has 0 amide bonds. The van der Waals surface area contributed by atoms with Gasteiger partial charge < -0.3 is 9.47 Å². The number of anilines is 1. The highest BCUT2D eigenvalue weighted by molar-refractivity contribution is 7.92. The Morgan fingerprint density at radius 2 is 1.50 bits per heavy atom. The molecule has 6 heteroatoms. The topological polar surface area (TPSA) is 64.6 Å². The number of methoxy groups -OCH3 is 1. The summed E-state index contributed by atoms with van der Waals surface area (Å²) in [5.74, 6) is 1.71. The van der Waals surface area contributed by atoms with Crippen LogP contribution in [0.4, 0.5) is 5.69 Å². The average molecular weight is 369 g/mol. The Hall–Kier alpha value is -2.99. The maximum absolute atomic E-state index is 12.6. The molecule has 0 aromatic heterocycles. The lowest BCUT2D eigenvalue weighted by atomic mass is 10.2. The number of aryl methyl sites for hydroxylation is 1. The fraction of sp³-hybridized carbons (Fsp3) is 0.100. The zero-order valence-electron chi connectivity index (χ0n) is 14.5. The molecule has 26 heavy (non-hydrogen) atoms. The first kappa shape index (κ1) is 17.8. The van der Waals surface area contributed by atoms with Crippen LogP contribution in [0.15, 0.2) is 77.7 Å². The van der Waals surface area contributed by atoms with Crippen LogP contribution in [-0.2, 0) is 10.0 Å². The average Bonchev–Trinajstić information content (AvgIpc) is 2.63. The first-order valence-electron chi connectivity index (χ1n) is 7.98. The number of sulfonamides is 1. The Morgan fingerprint density at radius 3 is 2.15 bits per heavy atom. The predicted octanol–water partition coefficient (Wildman–Crippen LogP) is 4.60. The molecule has 0 saturated carbocycles. The zero-order chi connectivity index (χ0) is 18.6. The van der Waals surface area contributed by atoms with Crippen LogP contribution < -0.4 is 14.2 Å². The molecule has 0 aliphatic heterocycles. The first-order valence-corrected chi connectivity index (χ1v) is 9.47. The van der Waals surface area contributed by atoms with Crippen LogP contribution in [-0.4, -0.2) is 15.5 Å². The van der Waals surface area contributed by atoms with E-state index in [2.05, 4.69) is 4.72 Å². The molecule has 3 rings (SSSR count). The fourth-order valence-electron chi connectivity index (χ4n) is 2.42. The summed E-state index contributed by atoms with van der Waals surface area (Å²) in [7, 11) is -2.24. The van der Waals surface area contributed by atoms with Crippen molar-refractivity contribution >= 4 is 15.7 Å². The second kappa shape index (κ2) is 7.49. The molecule has 0 aliphatic rings. The lowest BCUT2D eigenvalue weighted by Gasteiger charge is -2.13. The van der Waals surface area contributed by atoms with E-state index in [0.717, 1.165) is 5.56 Å². The van der Waals surface area contributed by atoms with Gasteiger partial charge in [0.25, 0.3) is 10.0 Å². The van der Waals surface area contributed by atoms with Crippen molar-refractivity contribution < 1.29 is 17.9 Å². The second-order valence-corrected chi connectivity index (χ2v) is 7.38. The molecule has 0 spiro atoms. The van der Waals surface area contributed by atoms with E-state index >= 15 is 0 Å². The van der Waals surface area contributed by atoms with Crippen molar-refractivity contribution in [3.63, 3.8) is 0 Å². The van der Waals surface area contributed by atoms with Crippen molar-refractivity contribution in [3.05, 3.63) is 78.4 Å². The Kier molecular flexibility index (Phi) is 5.14. The quantitative estimate of drug-likeness (QED) is 0.690. The minimum absolute atomic E-state index is 0.140. The van der Waals surface area contributed by atoms with Gasteiger partial charge in [-0.3, -0.25) is 4.72 Å². The van der Waals surface area contributed by atoms with E-state index in [1.807, 2.05) is 43.3 Å². The van der Waals surface area contributed by atoms with Gasteiger partial charge in [-0.15, -0.1) is 0 Å². The summed E-state index contributed by atoms with van der Waals surface area (Å²) in [6.45, 7) is 1.88. The van der Waals surface area contributed by atoms with E-state index in [0.29, 0.717) is 22.9 Å². The second-order valence-electron chi connectivity index (χ2n) is 5.70. The molecule has 0 fully saturated rings. The van der Waals surface area contributed by atoms with E-state index in [9.17, 15) is 8.42 Å². The van der Waals surface area contributed by atoms with Gasteiger partial charge in [0.2, 0.25) is 0 Å². The molecule has 0 atom stereocenters. The number of para-hydroxylation sites is 1. The standard InChI is InChI=1S/C20H19NO4S/c1-15-8-13-20(24-2)19(14-15)21-26(22,23)18-11-9-17(10-12-18)25-16-6-4-3-5-7-16/h3-14,21H,1-2H3. The van der Waals surface area contributed by atoms with E-state index in [-0.39, 0.29) is 4.90 Å². The molecule has 0 saturated heterocycles. The molecule has 1 N–H and O–H groups in total. The molecular formula is C20H19NO4S. The Balaban J connectivity index is 1.81. The number of rotatable bonds is 6. The van der Waals surface area contributed by atoms with Gasteiger partial charge in [0.1, 0.15) is 17.2 Å². The smallest absolute Gasteiger partial charge is 0.262 e. The minimum Gasteiger partial charge on any atom is -0.495 e. The minimum atomic E-state index is -3.74. The summed E-state index contributed by atoms with van der Waals surface area (Å²) < 4.78 is 38.8. The SMILES string of the molecule is COc1ccc(C)cc1NS(=O)(=O)c1ccc(Oc2ccccc2)cc1. The molecule has 0 unspecified atom stereocenters. The Labute approximate surface area is 153 Å². The molecule has 3 aromatic carbocycles. The van der Waals surface area contributed by atoms with E-state index < -0.39 is 10.0 Å². The van der Waals surface area contributed by atoms with Crippen molar-refractivity contribution in [3.8, 4) is 17.2 Å². The van der Waals surface area contributed by atoms with Gasteiger partial charge in [0.05, 0.1) is 17.7 Å². The summed E-state index contributed by atoms with van der Waals surface area (Å²) in [4.78, 5) is 0.140. The molecule has 0 radical (unpaired) electrons. The normalized spacial score (nSPS) is 11.0. The highest BCUT2D eigenvalue weighted by Crippen LogP contribution is 2.29. The van der Waals surface area contributed by atoms with Crippen molar-refractivity contribution in [2.24, 2.45) is 0 Å². The van der Waals surface area contributed by atoms with Gasteiger partial charge in [-0.25, -0.2) is 8.42 Å². The van der Waals surface area contributed by atoms with Crippen LogP contribution in [0, 0.1) is 6.92 Å². The van der Waals surface area contributed by atoms with Gasteiger partial charge in [-0.2, -0.15) is 0 Å². The lowest BCUT2D eigenvalue weighted by Crippen LogP contribution is -2.13. The Bertz CT molecular complexity index is 984. The summed E-state index contributed by atoms with van der Waals surface area (Å²) in [6, 6.07) is 20.8. The van der Waals surface area contributed by atoms with Gasteiger partial charge in [0.15, 0.2) is 0 Å². The van der Waals surface area contributed by atoms with E-state index in [1.54, 1.807) is 24.3 Å². The third-order valence-corrected chi connectivity index (χ3v) is 5.09. The molecule has 0 bridgehead atoms. The highest BCUT2D eigenvalue weighted by Gasteiger charge is 2.17. The summed E-state index contributed by atoms with van der Waals surface area (Å²) >= 11 is 0. The first-order chi connectivity index (χ1) is 12.5. The van der Waals surface area contributed by atoms with Crippen LogP contribution in [0.25, 0.3) is 0 Å². The maximum atomic E-state index is 12.6. The number of ether oxygens (including phenoxy) is 2. The van der Waals surface area contributed by atoms with Crippen LogP contribution in [0.3, 0.4) is 0 Å². The molecule has 3 aromatic rings. The predicted molar refractivity (Wildman–Crippen MR) is 101 cm³/mol. The lowest BCUT2D eigenvalue weighted by molar-refractivity contribution is 0.417. The molecular weight excluding hydrogens is 350 g/mol. The molecule has 5 nitrogen and oxygen atoms in total. The number of hydrogen-bond donors (Lipinski definition) is 1. The van der Waals surface area contributed by atoms with Crippen LogP contribution in [0.2, 0.25) is 0 Å². The fourth-order valence-corrected chi connectivity index (χ4v) is 3.48. The summed E-state index contributed by atoms with van der Waals surface area (Å²) in [5, 5.41) is 0. The highest BCUT2D eigenvalue weighted by atomic mass is 32.2. The van der Waals surface area contributed by atoms with Crippen molar-refractivity contribution in [2.75, 3.05) is 11.8 Å².